The Hall–Kier alpha value is -2.37. The number of carbonyl (C=O) groups excluding carboxylic acids is 1. The van der Waals surface area contributed by atoms with Crippen LogP contribution in [-0.2, 0) is 11.2 Å². The van der Waals surface area contributed by atoms with E-state index in [9.17, 15) is 9.18 Å². The predicted molar refractivity (Wildman–Crippen MR) is 87.2 cm³/mol. The minimum Gasteiger partial charge on any atom is -0.371 e. The summed E-state index contributed by atoms with van der Waals surface area (Å²) in [6.07, 6.45) is 4.25. The molecule has 3 rings (SSSR count). The summed E-state index contributed by atoms with van der Waals surface area (Å²) in [5.74, 6) is -0.187. The van der Waals surface area contributed by atoms with Gasteiger partial charge in [-0.1, -0.05) is 19.4 Å². The summed E-state index contributed by atoms with van der Waals surface area (Å²) in [5, 5.41) is 7.71. The second-order valence-electron chi connectivity index (χ2n) is 5.89. The fourth-order valence-electron chi connectivity index (χ4n) is 2.95. The number of aromatic nitrogens is 2. The van der Waals surface area contributed by atoms with Gasteiger partial charge in [0, 0.05) is 13.6 Å². The summed E-state index contributed by atoms with van der Waals surface area (Å²) < 4.78 is 15.2. The number of carbonyl (C=O) groups is 1. The maximum atomic E-state index is 13.5. The maximum Gasteiger partial charge on any atom is 0.244 e. The third-order valence-electron chi connectivity index (χ3n) is 4.17. The number of benzene rings is 1. The molecule has 0 saturated carbocycles. The molecule has 0 spiro atoms. The third-order valence-corrected chi connectivity index (χ3v) is 4.17. The van der Waals surface area contributed by atoms with Gasteiger partial charge in [-0.2, -0.15) is 5.10 Å². The Labute approximate surface area is 135 Å². The van der Waals surface area contributed by atoms with Crippen LogP contribution in [0.4, 0.5) is 10.1 Å². The number of amides is 1. The molecule has 0 aliphatic carbocycles. The van der Waals surface area contributed by atoms with Gasteiger partial charge in [0.1, 0.15) is 11.9 Å². The van der Waals surface area contributed by atoms with Gasteiger partial charge in [0.05, 0.1) is 23.3 Å². The number of hydrogen-bond donors (Lipinski definition) is 1. The highest BCUT2D eigenvalue weighted by molar-refractivity contribution is 5.86. The summed E-state index contributed by atoms with van der Waals surface area (Å²) >= 11 is 0. The molecule has 122 valence electrons. The number of likely N-dealkylation sites (N-methyl/N-ethyl adjacent to an activating group) is 1. The predicted octanol–water partition coefficient (Wildman–Crippen LogP) is 2.61. The van der Waals surface area contributed by atoms with Crippen LogP contribution in [0.1, 0.15) is 25.5 Å². The van der Waals surface area contributed by atoms with Crippen LogP contribution in [0.5, 0.6) is 0 Å². The Balaban J connectivity index is 1.91. The number of likely N-dealkylation sites (tertiary alicyclic amines) is 1. The molecule has 23 heavy (non-hydrogen) atoms. The van der Waals surface area contributed by atoms with E-state index < -0.39 is 0 Å². The van der Waals surface area contributed by atoms with Gasteiger partial charge in [0.25, 0.3) is 0 Å². The molecule has 1 saturated heterocycles. The Morgan fingerprint density at radius 3 is 2.91 bits per heavy atom. The summed E-state index contributed by atoms with van der Waals surface area (Å²) in [7, 11) is 1.81. The highest BCUT2D eigenvalue weighted by Gasteiger charge is 2.29. The van der Waals surface area contributed by atoms with E-state index in [0.717, 1.165) is 37.2 Å². The summed E-state index contributed by atoms with van der Waals surface area (Å²) in [5.41, 5.74) is 2.52. The molecule has 1 aliphatic heterocycles. The van der Waals surface area contributed by atoms with E-state index in [1.54, 1.807) is 21.8 Å². The first-order chi connectivity index (χ1) is 11.1. The van der Waals surface area contributed by atoms with Crippen LogP contribution in [0.15, 0.2) is 30.5 Å². The number of halogens is 1. The fraction of sp³-hybridized carbons (Fsp3) is 0.412. The van der Waals surface area contributed by atoms with E-state index in [0.29, 0.717) is 5.69 Å². The number of anilines is 1. The van der Waals surface area contributed by atoms with Gasteiger partial charge in [-0.05, 0) is 31.0 Å². The quantitative estimate of drug-likeness (QED) is 0.922. The minimum absolute atomic E-state index is 0.103. The molecule has 1 aromatic heterocycles. The molecule has 1 aliphatic rings. The molecule has 5 nitrogen and oxygen atoms in total. The van der Waals surface area contributed by atoms with Gasteiger partial charge in [-0.3, -0.25) is 4.79 Å². The average molecular weight is 316 g/mol. The zero-order valence-corrected chi connectivity index (χ0v) is 13.4. The molecule has 0 bridgehead atoms. The minimum atomic E-state index is -0.289. The van der Waals surface area contributed by atoms with Crippen molar-refractivity contribution in [2.75, 3.05) is 18.9 Å². The largest absolute Gasteiger partial charge is 0.371 e. The second kappa shape index (κ2) is 6.40. The van der Waals surface area contributed by atoms with E-state index in [1.807, 2.05) is 13.1 Å². The van der Waals surface area contributed by atoms with Gasteiger partial charge >= 0.3 is 0 Å². The average Bonchev–Trinajstić information content (AvgIpc) is 3.07. The molecule has 2 heterocycles. The van der Waals surface area contributed by atoms with Crippen molar-refractivity contribution in [3.63, 3.8) is 0 Å². The van der Waals surface area contributed by atoms with Crippen molar-refractivity contribution in [3.05, 3.63) is 42.0 Å². The molecule has 1 unspecified atom stereocenters. The van der Waals surface area contributed by atoms with Crippen LogP contribution in [0.2, 0.25) is 0 Å². The summed E-state index contributed by atoms with van der Waals surface area (Å²) in [4.78, 5) is 13.8. The van der Waals surface area contributed by atoms with E-state index in [4.69, 9.17) is 0 Å². The van der Waals surface area contributed by atoms with Crippen molar-refractivity contribution in [3.8, 4) is 5.69 Å². The summed E-state index contributed by atoms with van der Waals surface area (Å²) in [6, 6.07) is 6.17. The lowest BCUT2D eigenvalue weighted by Gasteiger charge is -2.14. The molecule has 1 fully saturated rings. The van der Waals surface area contributed by atoms with E-state index in [-0.39, 0.29) is 17.8 Å². The first-order valence-electron chi connectivity index (χ1n) is 7.94. The number of nitrogens with one attached hydrogen (secondary N) is 1. The summed E-state index contributed by atoms with van der Waals surface area (Å²) in [6.45, 7) is 2.85. The van der Waals surface area contributed by atoms with Crippen LogP contribution in [0.3, 0.4) is 0 Å². The zero-order valence-electron chi connectivity index (χ0n) is 13.4. The molecule has 6 heteroatoms. The lowest BCUT2D eigenvalue weighted by atomic mass is 10.2. The SMILES string of the molecule is CCCc1c(NC2CCN(C)C2=O)cnn1-c1cccc(F)c1. The molecule has 1 aromatic carbocycles. The van der Waals surface area contributed by atoms with Gasteiger partial charge in [0.2, 0.25) is 5.91 Å². The molecule has 2 aromatic rings. The van der Waals surface area contributed by atoms with Gasteiger partial charge in [-0.25, -0.2) is 9.07 Å². The van der Waals surface area contributed by atoms with Gasteiger partial charge in [0.15, 0.2) is 0 Å². The number of hydrogen-bond acceptors (Lipinski definition) is 3. The molecular formula is C17H21FN4O. The fourth-order valence-corrected chi connectivity index (χ4v) is 2.95. The molecular weight excluding hydrogens is 295 g/mol. The zero-order chi connectivity index (χ0) is 16.4. The highest BCUT2D eigenvalue weighted by atomic mass is 19.1. The first kappa shape index (κ1) is 15.5. The lowest BCUT2D eigenvalue weighted by molar-refractivity contribution is -0.127. The van der Waals surface area contributed by atoms with Crippen LogP contribution in [0.25, 0.3) is 5.69 Å². The molecule has 1 N–H and O–H groups in total. The Morgan fingerprint density at radius 2 is 2.26 bits per heavy atom. The lowest BCUT2D eigenvalue weighted by Crippen LogP contribution is -2.31. The van der Waals surface area contributed by atoms with Crippen molar-refractivity contribution < 1.29 is 9.18 Å². The van der Waals surface area contributed by atoms with E-state index in [1.165, 1.54) is 12.1 Å². The Morgan fingerprint density at radius 1 is 1.43 bits per heavy atom. The second-order valence-corrected chi connectivity index (χ2v) is 5.89. The van der Waals surface area contributed by atoms with E-state index >= 15 is 0 Å². The topological polar surface area (TPSA) is 50.2 Å². The van der Waals surface area contributed by atoms with Crippen molar-refractivity contribution in [1.29, 1.82) is 0 Å². The van der Waals surface area contributed by atoms with Crippen LogP contribution >= 0.6 is 0 Å². The number of rotatable bonds is 5. The molecule has 1 atom stereocenters. The third kappa shape index (κ3) is 3.06. The van der Waals surface area contributed by atoms with Gasteiger partial charge in [-0.15, -0.1) is 0 Å². The van der Waals surface area contributed by atoms with Crippen LogP contribution in [0, 0.1) is 5.82 Å². The first-order valence-corrected chi connectivity index (χ1v) is 7.94. The highest BCUT2D eigenvalue weighted by Crippen LogP contribution is 2.24. The standard InChI is InChI=1S/C17H21FN4O/c1-3-5-16-15(20-14-8-9-21(2)17(14)23)11-19-22(16)13-7-4-6-12(18)10-13/h4,6-7,10-11,14,20H,3,5,8-9H2,1-2H3. The molecule has 1 amide bonds. The normalized spacial score (nSPS) is 17.8. The van der Waals surface area contributed by atoms with Crippen molar-refractivity contribution in [2.45, 2.75) is 32.2 Å². The Bertz CT molecular complexity index is 712. The Kier molecular flexibility index (Phi) is 4.32. The maximum absolute atomic E-state index is 13.5. The van der Waals surface area contributed by atoms with Crippen molar-refractivity contribution >= 4 is 11.6 Å². The van der Waals surface area contributed by atoms with Crippen LogP contribution in [-0.4, -0.2) is 40.2 Å². The van der Waals surface area contributed by atoms with Crippen molar-refractivity contribution in [2.24, 2.45) is 0 Å². The van der Waals surface area contributed by atoms with Crippen LogP contribution < -0.4 is 5.32 Å². The smallest absolute Gasteiger partial charge is 0.244 e. The van der Waals surface area contributed by atoms with E-state index in [2.05, 4.69) is 17.3 Å². The monoisotopic (exact) mass is 316 g/mol. The van der Waals surface area contributed by atoms with Crippen molar-refractivity contribution in [1.82, 2.24) is 14.7 Å². The number of nitrogens with zero attached hydrogens (tertiary/aromatic N) is 3. The van der Waals surface area contributed by atoms with Gasteiger partial charge < -0.3 is 10.2 Å². The molecule has 0 radical (unpaired) electrons.